The predicted molar refractivity (Wildman–Crippen MR) is 118 cm³/mol. The fourth-order valence-corrected chi connectivity index (χ4v) is 4.24. The SMILES string of the molecule is COc1ccc(-c2[nH]c3cc(C(F)(F)F)cc(C(F)(F)F)c3c2CCCCN)c2cccnc12. The van der Waals surface area contributed by atoms with Crippen molar-refractivity contribution in [3.8, 4) is 17.0 Å². The summed E-state index contributed by atoms with van der Waals surface area (Å²) in [5, 5.41) is 0.332. The molecule has 3 N–H and O–H groups in total. The Labute approximate surface area is 190 Å². The van der Waals surface area contributed by atoms with Gasteiger partial charge in [-0.2, -0.15) is 26.3 Å². The van der Waals surface area contributed by atoms with Crippen LogP contribution in [0.5, 0.6) is 5.75 Å². The van der Waals surface area contributed by atoms with Crippen molar-refractivity contribution in [3.63, 3.8) is 0 Å². The lowest BCUT2D eigenvalue weighted by atomic mass is 9.94. The van der Waals surface area contributed by atoms with Crippen LogP contribution in [0.1, 0.15) is 29.5 Å². The van der Waals surface area contributed by atoms with Crippen molar-refractivity contribution in [2.75, 3.05) is 13.7 Å². The van der Waals surface area contributed by atoms with Crippen LogP contribution in [0.25, 0.3) is 33.1 Å². The summed E-state index contributed by atoms with van der Waals surface area (Å²) in [6, 6.07) is 7.61. The monoisotopic (exact) mass is 481 g/mol. The molecular weight excluding hydrogens is 460 g/mol. The van der Waals surface area contributed by atoms with Crippen LogP contribution in [0.2, 0.25) is 0 Å². The highest BCUT2D eigenvalue weighted by atomic mass is 19.4. The number of ether oxygens (including phenoxy) is 1. The smallest absolute Gasteiger partial charge is 0.417 e. The third kappa shape index (κ3) is 4.29. The number of aryl methyl sites for hydroxylation is 1. The maximum Gasteiger partial charge on any atom is 0.417 e. The normalized spacial score (nSPS) is 12.6. The second kappa shape index (κ2) is 8.83. The first-order chi connectivity index (χ1) is 16.1. The number of aromatic nitrogens is 2. The molecule has 34 heavy (non-hydrogen) atoms. The molecule has 0 aliphatic heterocycles. The molecular formula is C24H21F6N3O. The first kappa shape index (κ1) is 23.9. The minimum absolute atomic E-state index is 0.181. The summed E-state index contributed by atoms with van der Waals surface area (Å²) in [6.45, 7) is 0.345. The Morgan fingerprint density at radius 2 is 1.76 bits per heavy atom. The average Bonchev–Trinajstić information content (AvgIpc) is 3.15. The molecule has 0 unspecified atom stereocenters. The number of nitrogens with zero attached hydrogens (tertiary/aromatic N) is 1. The first-order valence-electron chi connectivity index (χ1n) is 10.5. The van der Waals surface area contributed by atoms with E-state index in [-0.39, 0.29) is 23.4 Å². The van der Waals surface area contributed by atoms with E-state index >= 15 is 0 Å². The minimum atomic E-state index is -4.98. The van der Waals surface area contributed by atoms with Crippen molar-refractivity contribution in [2.24, 2.45) is 5.73 Å². The molecule has 2 aromatic carbocycles. The van der Waals surface area contributed by atoms with E-state index in [0.717, 1.165) is 6.07 Å². The van der Waals surface area contributed by atoms with Crippen LogP contribution in [0.15, 0.2) is 42.6 Å². The van der Waals surface area contributed by atoms with Gasteiger partial charge in [-0.25, -0.2) is 0 Å². The fraction of sp³-hybridized carbons (Fsp3) is 0.292. The van der Waals surface area contributed by atoms with Crippen molar-refractivity contribution in [2.45, 2.75) is 31.6 Å². The maximum atomic E-state index is 14.0. The number of aromatic amines is 1. The second-order valence-electron chi connectivity index (χ2n) is 7.88. The van der Waals surface area contributed by atoms with Gasteiger partial charge in [0.05, 0.1) is 23.9 Å². The van der Waals surface area contributed by atoms with Crippen LogP contribution in [-0.2, 0) is 18.8 Å². The molecule has 4 aromatic rings. The van der Waals surface area contributed by atoms with Gasteiger partial charge in [-0.3, -0.25) is 4.98 Å². The molecule has 0 saturated carbocycles. The van der Waals surface area contributed by atoms with E-state index in [2.05, 4.69) is 9.97 Å². The third-order valence-electron chi connectivity index (χ3n) is 5.74. The number of rotatable bonds is 6. The topological polar surface area (TPSA) is 63.9 Å². The summed E-state index contributed by atoms with van der Waals surface area (Å²) in [5.41, 5.74) is 4.27. The average molecular weight is 481 g/mol. The van der Waals surface area contributed by atoms with Crippen molar-refractivity contribution in [3.05, 3.63) is 59.3 Å². The lowest BCUT2D eigenvalue weighted by Crippen LogP contribution is -2.11. The van der Waals surface area contributed by atoms with Crippen molar-refractivity contribution < 1.29 is 31.1 Å². The van der Waals surface area contributed by atoms with Gasteiger partial charge >= 0.3 is 12.4 Å². The Morgan fingerprint density at radius 3 is 2.41 bits per heavy atom. The van der Waals surface area contributed by atoms with E-state index in [4.69, 9.17) is 10.5 Å². The number of hydrogen-bond donors (Lipinski definition) is 2. The molecule has 0 aliphatic rings. The van der Waals surface area contributed by atoms with Gasteiger partial charge in [0.15, 0.2) is 0 Å². The van der Waals surface area contributed by atoms with E-state index in [1.807, 2.05) is 0 Å². The van der Waals surface area contributed by atoms with Crippen molar-refractivity contribution in [1.29, 1.82) is 0 Å². The molecule has 0 atom stereocenters. The standard InChI is InChI=1S/C24H21F6N3O/c1-34-19-8-7-15(14-6-4-10-32-22(14)19)21-16(5-2-3-9-31)20-17(24(28,29)30)11-13(23(25,26)27)12-18(20)33-21/h4,6-8,10-12,33H,2-3,5,9,31H2,1H3. The molecule has 4 rings (SSSR count). The van der Waals surface area contributed by atoms with Gasteiger partial charge in [0.2, 0.25) is 0 Å². The summed E-state index contributed by atoms with van der Waals surface area (Å²) in [5.74, 6) is 0.468. The van der Waals surface area contributed by atoms with Crippen LogP contribution in [0.4, 0.5) is 26.3 Å². The zero-order chi connectivity index (χ0) is 24.7. The Morgan fingerprint density at radius 1 is 1.00 bits per heavy atom. The van der Waals surface area contributed by atoms with Gasteiger partial charge in [0.1, 0.15) is 11.3 Å². The highest BCUT2D eigenvalue weighted by Crippen LogP contribution is 2.45. The number of H-pyrrole nitrogens is 1. The molecule has 0 saturated heterocycles. The van der Waals surface area contributed by atoms with Crippen molar-refractivity contribution >= 4 is 21.8 Å². The molecule has 2 heterocycles. The van der Waals surface area contributed by atoms with Gasteiger partial charge in [-0.1, -0.05) is 6.07 Å². The number of unbranched alkanes of at least 4 members (excludes halogenated alkanes) is 1. The number of pyridine rings is 1. The van der Waals surface area contributed by atoms with Gasteiger partial charge in [0, 0.05) is 28.0 Å². The number of fused-ring (bicyclic) bond motifs is 2. The number of halogens is 6. The molecule has 2 aromatic heterocycles. The Hall–Kier alpha value is -3.27. The summed E-state index contributed by atoms with van der Waals surface area (Å²) in [7, 11) is 1.47. The number of methoxy groups -OCH3 is 1. The highest BCUT2D eigenvalue weighted by Gasteiger charge is 2.39. The molecule has 0 aliphatic carbocycles. The summed E-state index contributed by atoms with van der Waals surface area (Å²) in [4.78, 5) is 7.18. The van der Waals surface area contributed by atoms with Gasteiger partial charge in [0.25, 0.3) is 0 Å². The maximum absolute atomic E-state index is 14.0. The van der Waals surface area contributed by atoms with Crippen LogP contribution in [0, 0.1) is 0 Å². The second-order valence-corrected chi connectivity index (χ2v) is 7.88. The van der Waals surface area contributed by atoms with Gasteiger partial charge in [-0.05, 0) is 61.7 Å². The third-order valence-corrected chi connectivity index (χ3v) is 5.74. The summed E-state index contributed by atoms with van der Waals surface area (Å²) in [6.07, 6.45) is -7.13. The van der Waals surface area contributed by atoms with Crippen LogP contribution < -0.4 is 10.5 Å². The lowest BCUT2D eigenvalue weighted by Gasteiger charge is -2.15. The number of alkyl halides is 6. The number of nitrogens with one attached hydrogen (secondary N) is 1. The number of nitrogens with two attached hydrogens (primary N) is 1. The van der Waals surface area contributed by atoms with Gasteiger partial charge < -0.3 is 15.5 Å². The molecule has 10 heteroatoms. The summed E-state index contributed by atoms with van der Waals surface area (Å²) >= 11 is 0. The van der Waals surface area contributed by atoms with E-state index in [9.17, 15) is 26.3 Å². The van der Waals surface area contributed by atoms with E-state index in [0.29, 0.717) is 52.9 Å². The Bertz CT molecular complexity index is 1340. The molecule has 0 bridgehead atoms. The van der Waals surface area contributed by atoms with Crippen molar-refractivity contribution in [1.82, 2.24) is 9.97 Å². The van der Waals surface area contributed by atoms with Crippen LogP contribution in [0.3, 0.4) is 0 Å². The lowest BCUT2D eigenvalue weighted by molar-refractivity contribution is -0.142. The highest BCUT2D eigenvalue weighted by molar-refractivity contribution is 6.02. The minimum Gasteiger partial charge on any atom is -0.494 e. The molecule has 0 spiro atoms. The number of benzene rings is 2. The number of hydrogen-bond acceptors (Lipinski definition) is 3. The van der Waals surface area contributed by atoms with Crippen LogP contribution >= 0.6 is 0 Å². The molecule has 0 amide bonds. The molecule has 180 valence electrons. The summed E-state index contributed by atoms with van der Waals surface area (Å²) < 4.78 is 87.6. The van der Waals surface area contributed by atoms with E-state index < -0.39 is 23.5 Å². The fourth-order valence-electron chi connectivity index (χ4n) is 4.24. The molecule has 0 radical (unpaired) electrons. The molecule has 4 nitrogen and oxygen atoms in total. The largest absolute Gasteiger partial charge is 0.494 e. The predicted octanol–water partition coefficient (Wildman–Crippen LogP) is 6.71. The Kier molecular flexibility index (Phi) is 6.20. The van der Waals surface area contributed by atoms with Crippen LogP contribution in [-0.4, -0.2) is 23.6 Å². The van der Waals surface area contributed by atoms with E-state index in [1.165, 1.54) is 7.11 Å². The first-order valence-corrected chi connectivity index (χ1v) is 10.5. The zero-order valence-corrected chi connectivity index (χ0v) is 18.1. The van der Waals surface area contributed by atoms with E-state index in [1.54, 1.807) is 30.5 Å². The molecule has 0 fully saturated rings. The quantitative estimate of drug-likeness (QED) is 0.238. The zero-order valence-electron chi connectivity index (χ0n) is 18.1. The van der Waals surface area contributed by atoms with Gasteiger partial charge in [-0.15, -0.1) is 0 Å². The Balaban J connectivity index is 2.08.